The topological polar surface area (TPSA) is 65.5 Å². The van der Waals surface area contributed by atoms with Gasteiger partial charge in [0, 0.05) is 12.2 Å². The number of hydrogen-bond acceptors (Lipinski definition) is 3. The van der Waals surface area contributed by atoms with Crippen LogP contribution in [0.15, 0.2) is 6.07 Å². The van der Waals surface area contributed by atoms with Crippen LogP contribution in [0, 0.1) is 13.8 Å². The van der Waals surface area contributed by atoms with Crippen LogP contribution in [0.25, 0.3) is 0 Å². The Bertz CT molecular complexity index is 470. The quantitative estimate of drug-likeness (QED) is 0.819. The first-order valence-corrected chi connectivity index (χ1v) is 6.73. The first kappa shape index (κ1) is 14.1. The minimum absolute atomic E-state index is 0.00766. The van der Waals surface area contributed by atoms with Crippen molar-refractivity contribution in [1.29, 1.82) is 0 Å². The maximum absolute atomic E-state index is 12.2. The van der Waals surface area contributed by atoms with Gasteiger partial charge >= 0.3 is 6.03 Å². The lowest BCUT2D eigenvalue weighted by Gasteiger charge is -2.24. The van der Waals surface area contributed by atoms with Gasteiger partial charge in [-0.1, -0.05) is 11.6 Å². The Morgan fingerprint density at radius 1 is 1.63 bits per heavy atom. The van der Waals surface area contributed by atoms with Crippen molar-refractivity contribution in [2.45, 2.75) is 32.7 Å². The van der Waals surface area contributed by atoms with Gasteiger partial charge in [-0.25, -0.2) is 9.78 Å². The second-order valence-electron chi connectivity index (χ2n) is 4.85. The number of pyridine rings is 1. The van der Waals surface area contributed by atoms with Crippen LogP contribution in [0.4, 0.5) is 10.5 Å². The van der Waals surface area contributed by atoms with Crippen molar-refractivity contribution >= 4 is 23.3 Å². The van der Waals surface area contributed by atoms with E-state index in [0.29, 0.717) is 17.4 Å². The number of halogens is 1. The molecule has 0 aromatic carbocycles. The van der Waals surface area contributed by atoms with Gasteiger partial charge in [-0.15, -0.1) is 0 Å². The number of likely N-dealkylation sites (tertiary alicyclic amines) is 1. The Balaban J connectivity index is 2.15. The second-order valence-corrected chi connectivity index (χ2v) is 5.21. The standard InChI is InChI=1S/C13H18ClN3O2/c1-8-6-9(2)15-12(14)11(8)16-13(19)17-5-3-4-10(17)7-18/h6,10,18H,3-5,7H2,1-2H3,(H,16,19). The Kier molecular flexibility index (Phi) is 4.27. The number of aryl methyl sites for hydroxylation is 2. The van der Waals surface area contributed by atoms with Gasteiger partial charge in [-0.05, 0) is 38.3 Å². The van der Waals surface area contributed by atoms with E-state index < -0.39 is 0 Å². The number of carbonyl (C=O) groups is 1. The molecule has 0 bridgehead atoms. The molecule has 1 aromatic rings. The minimum Gasteiger partial charge on any atom is -0.394 e. The molecule has 19 heavy (non-hydrogen) atoms. The average Bonchev–Trinajstić information content (AvgIpc) is 2.81. The molecule has 0 saturated carbocycles. The summed E-state index contributed by atoms with van der Waals surface area (Å²) in [6.45, 7) is 4.38. The highest BCUT2D eigenvalue weighted by Gasteiger charge is 2.28. The van der Waals surface area contributed by atoms with E-state index in [2.05, 4.69) is 10.3 Å². The van der Waals surface area contributed by atoms with Crippen molar-refractivity contribution in [3.8, 4) is 0 Å². The average molecular weight is 284 g/mol. The summed E-state index contributed by atoms with van der Waals surface area (Å²) in [6.07, 6.45) is 1.75. The predicted octanol–water partition coefficient (Wildman–Crippen LogP) is 2.34. The monoisotopic (exact) mass is 283 g/mol. The van der Waals surface area contributed by atoms with Gasteiger partial charge < -0.3 is 15.3 Å². The Morgan fingerprint density at radius 2 is 2.37 bits per heavy atom. The van der Waals surface area contributed by atoms with Gasteiger partial charge in [0.05, 0.1) is 18.3 Å². The van der Waals surface area contributed by atoms with Crippen LogP contribution >= 0.6 is 11.6 Å². The van der Waals surface area contributed by atoms with E-state index in [9.17, 15) is 9.90 Å². The van der Waals surface area contributed by atoms with E-state index in [4.69, 9.17) is 11.6 Å². The van der Waals surface area contributed by atoms with Crippen LogP contribution in [0.3, 0.4) is 0 Å². The van der Waals surface area contributed by atoms with Gasteiger partial charge in [0.1, 0.15) is 0 Å². The van der Waals surface area contributed by atoms with Crippen LogP contribution in [0.2, 0.25) is 5.15 Å². The summed E-state index contributed by atoms with van der Waals surface area (Å²) in [5, 5.41) is 12.3. The number of aliphatic hydroxyl groups excluding tert-OH is 1. The van der Waals surface area contributed by atoms with E-state index in [0.717, 1.165) is 24.1 Å². The molecule has 2 N–H and O–H groups in total. The molecule has 0 radical (unpaired) electrons. The van der Waals surface area contributed by atoms with Gasteiger partial charge in [-0.3, -0.25) is 0 Å². The molecular formula is C13H18ClN3O2. The number of aliphatic hydroxyl groups is 1. The predicted molar refractivity (Wildman–Crippen MR) is 74.6 cm³/mol. The highest BCUT2D eigenvalue weighted by Crippen LogP contribution is 2.26. The molecule has 104 valence electrons. The molecule has 1 saturated heterocycles. The number of hydrogen-bond donors (Lipinski definition) is 2. The van der Waals surface area contributed by atoms with Crippen molar-refractivity contribution in [2.24, 2.45) is 0 Å². The highest BCUT2D eigenvalue weighted by atomic mass is 35.5. The second kappa shape index (κ2) is 5.75. The number of nitrogens with one attached hydrogen (secondary N) is 1. The summed E-state index contributed by atoms with van der Waals surface area (Å²) in [5.41, 5.74) is 2.24. The fourth-order valence-corrected chi connectivity index (χ4v) is 2.74. The lowest BCUT2D eigenvalue weighted by molar-refractivity contribution is 0.166. The number of anilines is 1. The molecule has 1 atom stereocenters. The molecule has 1 aromatic heterocycles. The van der Waals surface area contributed by atoms with Crippen molar-refractivity contribution in [1.82, 2.24) is 9.88 Å². The van der Waals surface area contributed by atoms with Crippen LogP contribution < -0.4 is 5.32 Å². The summed E-state index contributed by atoms with van der Waals surface area (Å²) in [4.78, 5) is 18.0. The van der Waals surface area contributed by atoms with Gasteiger partial charge in [-0.2, -0.15) is 0 Å². The maximum atomic E-state index is 12.2. The zero-order valence-electron chi connectivity index (χ0n) is 11.1. The third-order valence-electron chi connectivity index (χ3n) is 3.38. The van der Waals surface area contributed by atoms with Crippen molar-refractivity contribution in [3.63, 3.8) is 0 Å². The number of rotatable bonds is 2. The molecule has 2 amide bonds. The smallest absolute Gasteiger partial charge is 0.322 e. The van der Waals surface area contributed by atoms with Crippen molar-refractivity contribution in [3.05, 3.63) is 22.5 Å². The minimum atomic E-state index is -0.229. The molecule has 0 spiro atoms. The highest BCUT2D eigenvalue weighted by molar-refractivity contribution is 6.32. The molecular weight excluding hydrogens is 266 g/mol. The molecule has 5 nitrogen and oxygen atoms in total. The SMILES string of the molecule is Cc1cc(C)c(NC(=O)N2CCCC2CO)c(Cl)n1. The van der Waals surface area contributed by atoms with Gasteiger partial charge in [0.15, 0.2) is 5.15 Å². The first-order chi connectivity index (χ1) is 9.02. The molecule has 1 aliphatic rings. The third kappa shape index (κ3) is 2.98. The molecule has 0 aliphatic carbocycles. The van der Waals surface area contributed by atoms with E-state index in [1.54, 1.807) is 4.90 Å². The fourth-order valence-electron chi connectivity index (χ4n) is 2.41. The largest absolute Gasteiger partial charge is 0.394 e. The Morgan fingerprint density at radius 3 is 3.00 bits per heavy atom. The number of aromatic nitrogens is 1. The number of urea groups is 1. The van der Waals surface area contributed by atoms with E-state index in [1.807, 2.05) is 19.9 Å². The summed E-state index contributed by atoms with van der Waals surface area (Å²) < 4.78 is 0. The lowest BCUT2D eigenvalue weighted by Crippen LogP contribution is -2.40. The van der Waals surface area contributed by atoms with E-state index >= 15 is 0 Å². The molecule has 2 heterocycles. The van der Waals surface area contributed by atoms with Crippen molar-refractivity contribution in [2.75, 3.05) is 18.5 Å². The maximum Gasteiger partial charge on any atom is 0.322 e. The zero-order valence-corrected chi connectivity index (χ0v) is 11.9. The van der Waals surface area contributed by atoms with Crippen LogP contribution in [-0.2, 0) is 0 Å². The normalized spacial score (nSPS) is 18.7. The molecule has 1 aliphatic heterocycles. The first-order valence-electron chi connectivity index (χ1n) is 6.35. The Labute approximate surface area is 117 Å². The number of nitrogens with zero attached hydrogens (tertiary/aromatic N) is 2. The number of carbonyl (C=O) groups excluding carboxylic acids is 1. The van der Waals surface area contributed by atoms with E-state index in [-0.39, 0.29) is 18.7 Å². The number of amides is 2. The third-order valence-corrected chi connectivity index (χ3v) is 3.65. The summed E-state index contributed by atoms with van der Waals surface area (Å²) in [6, 6.07) is 1.54. The molecule has 6 heteroatoms. The van der Waals surface area contributed by atoms with Crippen LogP contribution in [0.5, 0.6) is 0 Å². The zero-order chi connectivity index (χ0) is 14.0. The fraction of sp³-hybridized carbons (Fsp3) is 0.538. The molecule has 1 fully saturated rings. The Hall–Kier alpha value is -1.33. The molecule has 1 unspecified atom stereocenters. The van der Waals surface area contributed by atoms with Crippen molar-refractivity contribution < 1.29 is 9.90 Å². The molecule has 2 rings (SSSR count). The van der Waals surface area contributed by atoms with Crippen LogP contribution in [-0.4, -0.2) is 40.2 Å². The summed E-state index contributed by atoms with van der Waals surface area (Å²) in [5.74, 6) is 0. The van der Waals surface area contributed by atoms with Crippen LogP contribution in [0.1, 0.15) is 24.1 Å². The summed E-state index contributed by atoms with van der Waals surface area (Å²) in [7, 11) is 0. The lowest BCUT2D eigenvalue weighted by atomic mass is 10.2. The van der Waals surface area contributed by atoms with E-state index in [1.165, 1.54) is 0 Å². The van der Waals surface area contributed by atoms with Gasteiger partial charge in [0.2, 0.25) is 0 Å². The summed E-state index contributed by atoms with van der Waals surface area (Å²) >= 11 is 6.06. The van der Waals surface area contributed by atoms with Gasteiger partial charge in [0.25, 0.3) is 0 Å².